The van der Waals surface area contributed by atoms with Crippen molar-refractivity contribution in [1.82, 2.24) is 5.32 Å². The predicted molar refractivity (Wildman–Crippen MR) is 120 cm³/mol. The van der Waals surface area contributed by atoms with Gasteiger partial charge in [0, 0.05) is 12.6 Å². The average molecular weight is 390 g/mol. The molecule has 0 unspecified atom stereocenters. The summed E-state index contributed by atoms with van der Waals surface area (Å²) in [5.74, 6) is 1.54. The zero-order valence-electron chi connectivity index (χ0n) is 17.7. The zero-order valence-corrected chi connectivity index (χ0v) is 17.7. The van der Waals surface area contributed by atoms with Gasteiger partial charge in [0.25, 0.3) is 0 Å². The summed E-state index contributed by atoms with van der Waals surface area (Å²) in [5, 5.41) is 3.61. The summed E-state index contributed by atoms with van der Waals surface area (Å²) in [6.07, 6.45) is 2.20. The lowest BCUT2D eigenvalue weighted by atomic mass is 10.1. The Morgan fingerprint density at radius 1 is 0.828 bits per heavy atom. The number of ether oxygens (including phenoxy) is 2. The van der Waals surface area contributed by atoms with Crippen molar-refractivity contribution in [1.29, 1.82) is 0 Å². The van der Waals surface area contributed by atoms with E-state index in [1.54, 1.807) is 7.11 Å². The molecule has 0 spiro atoms. The molecule has 0 aromatic heterocycles. The maximum absolute atomic E-state index is 5.98. The van der Waals surface area contributed by atoms with Gasteiger partial charge >= 0.3 is 0 Å². The minimum Gasteiger partial charge on any atom is -0.493 e. The van der Waals surface area contributed by atoms with Crippen molar-refractivity contribution in [3.05, 3.63) is 95.1 Å². The van der Waals surface area contributed by atoms with Crippen LogP contribution in [0.25, 0.3) is 0 Å². The first-order valence-electron chi connectivity index (χ1n) is 10.3. The van der Waals surface area contributed by atoms with Gasteiger partial charge in [-0.15, -0.1) is 0 Å². The van der Waals surface area contributed by atoms with Crippen molar-refractivity contribution < 1.29 is 9.47 Å². The molecule has 0 aliphatic rings. The standard InChI is InChI=1S/C26H31NO2/c1-20-9-12-23(13-10-20)19-29-25-16-15-24(17-26(25)28-3)18-27-21(2)11-14-22-7-5-4-6-8-22/h4-10,12-13,15-17,21,27H,11,14,18-19H2,1-3H3/t21-/m0/s1. The quantitative estimate of drug-likeness (QED) is 0.483. The molecule has 0 aliphatic carbocycles. The van der Waals surface area contributed by atoms with Gasteiger partial charge in [-0.05, 0) is 55.5 Å². The van der Waals surface area contributed by atoms with E-state index in [1.165, 1.54) is 16.7 Å². The van der Waals surface area contributed by atoms with Crippen molar-refractivity contribution >= 4 is 0 Å². The van der Waals surface area contributed by atoms with Crippen LogP contribution in [0, 0.1) is 6.92 Å². The van der Waals surface area contributed by atoms with Crippen LogP contribution in [-0.2, 0) is 19.6 Å². The van der Waals surface area contributed by atoms with Gasteiger partial charge < -0.3 is 14.8 Å². The number of benzene rings is 3. The second kappa shape index (κ2) is 10.7. The number of rotatable bonds is 10. The van der Waals surface area contributed by atoms with Gasteiger partial charge in [0.05, 0.1) is 7.11 Å². The van der Waals surface area contributed by atoms with Crippen LogP contribution in [0.3, 0.4) is 0 Å². The van der Waals surface area contributed by atoms with E-state index < -0.39 is 0 Å². The first-order valence-corrected chi connectivity index (χ1v) is 10.3. The zero-order chi connectivity index (χ0) is 20.5. The van der Waals surface area contributed by atoms with Crippen molar-refractivity contribution in [2.45, 2.75) is 45.9 Å². The molecule has 0 saturated heterocycles. The highest BCUT2D eigenvalue weighted by Gasteiger charge is 2.08. The molecule has 0 radical (unpaired) electrons. The molecule has 1 N–H and O–H groups in total. The Balaban J connectivity index is 1.50. The predicted octanol–water partition coefficient (Wildman–Crippen LogP) is 5.69. The first kappa shape index (κ1) is 20.9. The van der Waals surface area contributed by atoms with Gasteiger partial charge in [-0.3, -0.25) is 0 Å². The van der Waals surface area contributed by atoms with E-state index in [0.717, 1.165) is 36.4 Å². The van der Waals surface area contributed by atoms with Gasteiger partial charge in [-0.25, -0.2) is 0 Å². The Kier molecular flexibility index (Phi) is 7.71. The van der Waals surface area contributed by atoms with E-state index in [1.807, 2.05) is 6.07 Å². The molecule has 0 bridgehead atoms. The highest BCUT2D eigenvalue weighted by atomic mass is 16.5. The largest absolute Gasteiger partial charge is 0.493 e. The lowest BCUT2D eigenvalue weighted by molar-refractivity contribution is 0.284. The van der Waals surface area contributed by atoms with Crippen molar-refractivity contribution in [2.24, 2.45) is 0 Å². The Morgan fingerprint density at radius 2 is 1.55 bits per heavy atom. The van der Waals surface area contributed by atoms with Gasteiger partial charge in [0.15, 0.2) is 11.5 Å². The minimum atomic E-state index is 0.443. The lowest BCUT2D eigenvalue weighted by Gasteiger charge is -2.16. The van der Waals surface area contributed by atoms with Crippen LogP contribution < -0.4 is 14.8 Å². The third-order valence-electron chi connectivity index (χ3n) is 5.11. The molecular formula is C26H31NO2. The highest BCUT2D eigenvalue weighted by molar-refractivity contribution is 5.43. The topological polar surface area (TPSA) is 30.5 Å². The van der Waals surface area contributed by atoms with E-state index in [-0.39, 0.29) is 0 Å². The molecule has 0 fully saturated rings. The number of methoxy groups -OCH3 is 1. The summed E-state index contributed by atoms with van der Waals surface area (Å²) in [6.45, 7) is 5.66. The second-order valence-corrected chi connectivity index (χ2v) is 7.57. The Labute approximate surface area is 174 Å². The Bertz CT molecular complexity index is 875. The molecular weight excluding hydrogens is 358 g/mol. The maximum atomic E-state index is 5.98. The maximum Gasteiger partial charge on any atom is 0.161 e. The number of nitrogens with one attached hydrogen (secondary N) is 1. The van der Waals surface area contributed by atoms with E-state index in [4.69, 9.17) is 9.47 Å². The molecule has 3 aromatic rings. The van der Waals surface area contributed by atoms with Crippen LogP contribution in [-0.4, -0.2) is 13.2 Å². The minimum absolute atomic E-state index is 0.443. The van der Waals surface area contributed by atoms with Crippen molar-refractivity contribution in [2.75, 3.05) is 7.11 Å². The fourth-order valence-corrected chi connectivity index (χ4v) is 3.21. The van der Waals surface area contributed by atoms with Crippen LogP contribution in [0.1, 0.15) is 35.6 Å². The van der Waals surface area contributed by atoms with Gasteiger partial charge in [0.1, 0.15) is 6.61 Å². The summed E-state index contributed by atoms with van der Waals surface area (Å²) in [6, 6.07) is 25.6. The summed E-state index contributed by atoms with van der Waals surface area (Å²) < 4.78 is 11.5. The highest BCUT2D eigenvalue weighted by Crippen LogP contribution is 2.29. The van der Waals surface area contributed by atoms with E-state index in [9.17, 15) is 0 Å². The molecule has 0 aliphatic heterocycles. The molecule has 3 nitrogen and oxygen atoms in total. The molecule has 0 saturated carbocycles. The summed E-state index contributed by atoms with van der Waals surface area (Å²) >= 11 is 0. The summed E-state index contributed by atoms with van der Waals surface area (Å²) in [5.41, 5.74) is 4.98. The number of hydrogen-bond donors (Lipinski definition) is 1. The molecule has 152 valence electrons. The van der Waals surface area contributed by atoms with Crippen LogP contribution >= 0.6 is 0 Å². The molecule has 0 amide bonds. The SMILES string of the molecule is COc1cc(CN[C@@H](C)CCc2ccccc2)ccc1OCc1ccc(C)cc1. The van der Waals surface area contributed by atoms with Crippen LogP contribution in [0.4, 0.5) is 0 Å². The van der Waals surface area contributed by atoms with Gasteiger partial charge in [-0.1, -0.05) is 66.2 Å². The second-order valence-electron chi connectivity index (χ2n) is 7.57. The van der Waals surface area contributed by atoms with Crippen LogP contribution in [0.5, 0.6) is 11.5 Å². The fraction of sp³-hybridized carbons (Fsp3) is 0.308. The third kappa shape index (κ3) is 6.65. The average Bonchev–Trinajstić information content (AvgIpc) is 2.76. The van der Waals surface area contributed by atoms with Gasteiger partial charge in [-0.2, -0.15) is 0 Å². The van der Waals surface area contributed by atoms with E-state index in [0.29, 0.717) is 12.6 Å². The lowest BCUT2D eigenvalue weighted by Crippen LogP contribution is -2.26. The van der Waals surface area contributed by atoms with Crippen molar-refractivity contribution in [3.63, 3.8) is 0 Å². The third-order valence-corrected chi connectivity index (χ3v) is 5.11. The molecule has 29 heavy (non-hydrogen) atoms. The van der Waals surface area contributed by atoms with Gasteiger partial charge in [0.2, 0.25) is 0 Å². The van der Waals surface area contributed by atoms with Crippen LogP contribution in [0.2, 0.25) is 0 Å². The van der Waals surface area contributed by atoms with E-state index >= 15 is 0 Å². The molecule has 3 aromatic carbocycles. The molecule has 0 heterocycles. The first-order chi connectivity index (χ1) is 14.1. The monoisotopic (exact) mass is 389 g/mol. The number of hydrogen-bond acceptors (Lipinski definition) is 3. The molecule has 3 rings (SSSR count). The summed E-state index contributed by atoms with van der Waals surface area (Å²) in [4.78, 5) is 0. The van der Waals surface area contributed by atoms with Crippen molar-refractivity contribution in [3.8, 4) is 11.5 Å². The Hall–Kier alpha value is -2.78. The normalized spacial score (nSPS) is 11.8. The molecule has 1 atom stereocenters. The smallest absolute Gasteiger partial charge is 0.161 e. The fourth-order valence-electron chi connectivity index (χ4n) is 3.21. The van der Waals surface area contributed by atoms with Crippen LogP contribution in [0.15, 0.2) is 72.8 Å². The number of aryl methyl sites for hydroxylation is 2. The Morgan fingerprint density at radius 3 is 2.28 bits per heavy atom. The summed E-state index contributed by atoms with van der Waals surface area (Å²) in [7, 11) is 1.69. The molecule has 3 heteroatoms. The van der Waals surface area contributed by atoms with E-state index in [2.05, 4.69) is 85.9 Å².